The van der Waals surface area contributed by atoms with Crippen LogP contribution in [0, 0.1) is 6.92 Å². The third kappa shape index (κ3) is 3.77. The molecule has 0 aliphatic rings. The summed E-state index contributed by atoms with van der Waals surface area (Å²) in [6, 6.07) is 24.4. The van der Waals surface area contributed by atoms with Crippen molar-refractivity contribution in [1.82, 2.24) is 0 Å². The summed E-state index contributed by atoms with van der Waals surface area (Å²) in [7, 11) is -1.31. The first-order chi connectivity index (χ1) is 12.1. The second-order valence-electron chi connectivity index (χ2n) is 6.07. The van der Waals surface area contributed by atoms with Crippen molar-refractivity contribution in [3.63, 3.8) is 0 Å². The van der Waals surface area contributed by atoms with Gasteiger partial charge in [-0.15, -0.1) is 0 Å². The molecule has 0 amide bonds. The number of benzene rings is 3. The molecule has 2 atom stereocenters. The van der Waals surface area contributed by atoms with Gasteiger partial charge in [-0.3, -0.25) is 4.79 Å². The summed E-state index contributed by atoms with van der Waals surface area (Å²) >= 11 is 0. The Morgan fingerprint density at radius 2 is 1.44 bits per heavy atom. The summed E-state index contributed by atoms with van der Waals surface area (Å²) in [4.78, 5) is 14.2. The summed E-state index contributed by atoms with van der Waals surface area (Å²) in [5, 5.41) is 0. The third-order valence-electron chi connectivity index (χ3n) is 4.27. The molecule has 0 saturated carbocycles. The molecule has 0 aliphatic heterocycles. The Kier molecular flexibility index (Phi) is 5.25. The van der Waals surface area contributed by atoms with Crippen LogP contribution in [-0.4, -0.2) is 9.99 Å². The Balaban J connectivity index is 1.97. The van der Waals surface area contributed by atoms with Crippen molar-refractivity contribution in [2.45, 2.75) is 29.6 Å². The lowest BCUT2D eigenvalue weighted by atomic mass is 9.92. The molecular formula is C22H20O2S. The molecule has 3 aromatic rings. The molecule has 0 aliphatic carbocycles. The summed E-state index contributed by atoms with van der Waals surface area (Å²) in [5.41, 5.74) is 2.61. The minimum atomic E-state index is -1.31. The highest BCUT2D eigenvalue weighted by Gasteiger charge is 2.22. The van der Waals surface area contributed by atoms with Crippen molar-refractivity contribution >= 4 is 16.6 Å². The molecular weight excluding hydrogens is 328 g/mol. The van der Waals surface area contributed by atoms with E-state index in [1.165, 1.54) is 0 Å². The zero-order valence-electron chi connectivity index (χ0n) is 14.3. The number of Topliss-reactive ketones (excluding diaryl/α,β-unsaturated/α-hetero) is 1. The minimum Gasteiger partial charge on any atom is -0.294 e. The van der Waals surface area contributed by atoms with Gasteiger partial charge in [-0.2, -0.15) is 0 Å². The van der Waals surface area contributed by atoms with E-state index in [0.29, 0.717) is 10.5 Å². The van der Waals surface area contributed by atoms with E-state index in [0.717, 1.165) is 16.0 Å². The molecule has 0 radical (unpaired) electrons. The van der Waals surface area contributed by atoms with Crippen LogP contribution in [0.5, 0.6) is 0 Å². The van der Waals surface area contributed by atoms with Gasteiger partial charge in [0, 0.05) is 21.3 Å². The molecule has 1 unspecified atom stereocenters. The van der Waals surface area contributed by atoms with Crippen LogP contribution < -0.4 is 0 Å². The standard InChI is InChI=1S/C22H20O2S/c1-16-12-14-19(15-13-16)25(24)21-11-7-6-10-20(21)17(2)22(23)18-8-4-3-5-9-18/h3-15,17H,1-2H3/t17?,25-/m0/s1. The van der Waals surface area contributed by atoms with Crippen molar-refractivity contribution < 1.29 is 9.00 Å². The molecule has 126 valence electrons. The first-order valence-corrected chi connectivity index (χ1v) is 9.39. The van der Waals surface area contributed by atoms with Gasteiger partial charge in [0.2, 0.25) is 0 Å². The monoisotopic (exact) mass is 348 g/mol. The van der Waals surface area contributed by atoms with Crippen LogP contribution in [0.3, 0.4) is 0 Å². The molecule has 25 heavy (non-hydrogen) atoms. The Morgan fingerprint density at radius 1 is 0.840 bits per heavy atom. The fourth-order valence-corrected chi connectivity index (χ4v) is 4.09. The number of aryl methyl sites for hydroxylation is 1. The highest BCUT2D eigenvalue weighted by Crippen LogP contribution is 2.28. The van der Waals surface area contributed by atoms with E-state index >= 15 is 0 Å². The zero-order chi connectivity index (χ0) is 17.8. The topological polar surface area (TPSA) is 34.1 Å². The van der Waals surface area contributed by atoms with Gasteiger partial charge in [-0.05, 0) is 30.7 Å². The Morgan fingerprint density at radius 3 is 2.12 bits per heavy atom. The highest BCUT2D eigenvalue weighted by molar-refractivity contribution is 7.85. The lowest BCUT2D eigenvalue weighted by molar-refractivity contribution is 0.0965. The maximum absolute atomic E-state index is 13.0. The van der Waals surface area contributed by atoms with Crippen LogP contribution in [0.1, 0.15) is 34.3 Å². The SMILES string of the molecule is Cc1ccc([S@](=O)c2ccccc2C(C)C(=O)c2ccccc2)cc1. The van der Waals surface area contributed by atoms with Crippen molar-refractivity contribution in [2.75, 3.05) is 0 Å². The molecule has 0 saturated heterocycles. The van der Waals surface area contributed by atoms with E-state index in [2.05, 4.69) is 0 Å². The van der Waals surface area contributed by atoms with Crippen LogP contribution in [0.2, 0.25) is 0 Å². The van der Waals surface area contributed by atoms with Crippen LogP contribution in [0.15, 0.2) is 88.7 Å². The number of rotatable bonds is 5. The Hall–Kier alpha value is -2.52. The molecule has 0 aromatic heterocycles. The number of ketones is 1. The number of carbonyl (C=O) groups excluding carboxylic acids is 1. The van der Waals surface area contributed by atoms with Crippen molar-refractivity contribution in [3.05, 3.63) is 95.6 Å². The molecule has 3 aromatic carbocycles. The molecule has 0 spiro atoms. The maximum atomic E-state index is 13.0. The molecule has 0 bridgehead atoms. The Labute approximate surface area is 151 Å². The molecule has 3 rings (SSSR count). The zero-order valence-corrected chi connectivity index (χ0v) is 15.1. The predicted molar refractivity (Wildman–Crippen MR) is 101 cm³/mol. The van der Waals surface area contributed by atoms with Gasteiger partial charge in [-0.25, -0.2) is 4.21 Å². The first-order valence-electron chi connectivity index (χ1n) is 8.24. The molecule has 0 fully saturated rings. The van der Waals surface area contributed by atoms with Crippen molar-refractivity contribution in [2.24, 2.45) is 0 Å². The van der Waals surface area contributed by atoms with Crippen molar-refractivity contribution in [1.29, 1.82) is 0 Å². The summed E-state index contributed by atoms with van der Waals surface area (Å²) in [6.45, 7) is 3.88. The van der Waals surface area contributed by atoms with E-state index < -0.39 is 10.8 Å². The predicted octanol–water partition coefficient (Wildman–Crippen LogP) is 5.15. The second kappa shape index (κ2) is 7.58. The van der Waals surface area contributed by atoms with E-state index in [1.807, 2.05) is 92.7 Å². The smallest absolute Gasteiger partial charge is 0.170 e. The molecule has 0 N–H and O–H groups in total. The number of hydrogen-bond donors (Lipinski definition) is 0. The van der Waals surface area contributed by atoms with Crippen LogP contribution >= 0.6 is 0 Å². The quantitative estimate of drug-likeness (QED) is 0.598. The molecule has 3 heteroatoms. The van der Waals surface area contributed by atoms with E-state index in [4.69, 9.17) is 0 Å². The van der Waals surface area contributed by atoms with Crippen LogP contribution in [-0.2, 0) is 10.8 Å². The molecule has 2 nitrogen and oxygen atoms in total. The second-order valence-corrected chi connectivity index (χ2v) is 7.52. The number of hydrogen-bond acceptors (Lipinski definition) is 2. The van der Waals surface area contributed by atoms with Crippen LogP contribution in [0.25, 0.3) is 0 Å². The number of carbonyl (C=O) groups is 1. The average molecular weight is 348 g/mol. The van der Waals surface area contributed by atoms with E-state index in [1.54, 1.807) is 0 Å². The summed E-state index contributed by atoms with van der Waals surface area (Å²) < 4.78 is 13.0. The average Bonchev–Trinajstić information content (AvgIpc) is 2.67. The highest BCUT2D eigenvalue weighted by atomic mass is 32.2. The fourth-order valence-electron chi connectivity index (χ4n) is 2.79. The van der Waals surface area contributed by atoms with Gasteiger partial charge < -0.3 is 0 Å². The maximum Gasteiger partial charge on any atom is 0.170 e. The van der Waals surface area contributed by atoms with E-state index in [-0.39, 0.29) is 11.7 Å². The van der Waals surface area contributed by atoms with Gasteiger partial charge in [0.1, 0.15) is 0 Å². The summed E-state index contributed by atoms with van der Waals surface area (Å²) in [6.07, 6.45) is 0. The largest absolute Gasteiger partial charge is 0.294 e. The first kappa shape index (κ1) is 17.3. The van der Waals surface area contributed by atoms with Crippen molar-refractivity contribution in [3.8, 4) is 0 Å². The summed E-state index contributed by atoms with van der Waals surface area (Å²) in [5.74, 6) is -0.318. The van der Waals surface area contributed by atoms with Gasteiger partial charge >= 0.3 is 0 Å². The van der Waals surface area contributed by atoms with Gasteiger partial charge in [0.15, 0.2) is 5.78 Å². The molecule has 0 heterocycles. The van der Waals surface area contributed by atoms with Crippen LogP contribution in [0.4, 0.5) is 0 Å². The van der Waals surface area contributed by atoms with Gasteiger partial charge in [0.25, 0.3) is 0 Å². The Bertz CT molecular complexity index is 899. The van der Waals surface area contributed by atoms with Gasteiger partial charge in [0.05, 0.1) is 10.8 Å². The lowest BCUT2D eigenvalue weighted by Gasteiger charge is -2.15. The third-order valence-corrected chi connectivity index (χ3v) is 5.74. The minimum absolute atomic E-state index is 0.0361. The lowest BCUT2D eigenvalue weighted by Crippen LogP contribution is -2.12. The van der Waals surface area contributed by atoms with Gasteiger partial charge in [-0.1, -0.05) is 73.2 Å². The normalized spacial score (nSPS) is 13.2. The fraction of sp³-hybridized carbons (Fsp3) is 0.136. The van der Waals surface area contributed by atoms with E-state index in [9.17, 15) is 9.00 Å².